The highest BCUT2D eigenvalue weighted by atomic mass is 16.5. The molecule has 1 aromatic carbocycles. The lowest BCUT2D eigenvalue weighted by atomic mass is 9.92. The molecule has 0 saturated carbocycles. The van der Waals surface area contributed by atoms with Gasteiger partial charge in [0.2, 0.25) is 0 Å². The Labute approximate surface area is 115 Å². The van der Waals surface area contributed by atoms with E-state index in [4.69, 9.17) is 4.74 Å². The third-order valence-electron chi connectivity index (χ3n) is 4.48. The zero-order valence-electron chi connectivity index (χ0n) is 11.8. The molecule has 0 spiro atoms. The molecule has 0 aromatic heterocycles. The molecule has 2 aliphatic heterocycles. The third-order valence-corrected chi connectivity index (χ3v) is 4.48. The normalized spacial score (nSPS) is 28.3. The van der Waals surface area contributed by atoms with Crippen LogP contribution in [0.3, 0.4) is 0 Å². The highest BCUT2D eigenvalue weighted by Gasteiger charge is 2.25. The van der Waals surface area contributed by atoms with Crippen molar-refractivity contribution in [1.29, 1.82) is 0 Å². The van der Waals surface area contributed by atoms with Gasteiger partial charge in [0.25, 0.3) is 0 Å². The van der Waals surface area contributed by atoms with Crippen LogP contribution in [0.2, 0.25) is 0 Å². The summed E-state index contributed by atoms with van der Waals surface area (Å²) in [6.45, 7) is 7.83. The topological polar surface area (TPSA) is 24.5 Å². The van der Waals surface area contributed by atoms with Crippen molar-refractivity contribution in [3.8, 4) is 5.75 Å². The number of nitrogens with zero attached hydrogens (tertiary/aromatic N) is 1. The molecule has 3 nitrogen and oxygen atoms in total. The lowest BCUT2D eigenvalue weighted by molar-refractivity contribution is 0.180. The van der Waals surface area contributed by atoms with Gasteiger partial charge in [-0.05, 0) is 37.9 Å². The number of nitrogens with one attached hydrogen (secondary N) is 1. The van der Waals surface area contributed by atoms with Crippen LogP contribution in [-0.2, 0) is 0 Å². The molecule has 3 rings (SSSR count). The molecular formula is C16H24N2O. The number of ether oxygens (including phenoxy) is 1. The van der Waals surface area contributed by atoms with Crippen molar-refractivity contribution in [3.05, 3.63) is 29.8 Å². The van der Waals surface area contributed by atoms with Crippen molar-refractivity contribution in [2.24, 2.45) is 0 Å². The van der Waals surface area contributed by atoms with Gasteiger partial charge in [0.05, 0.1) is 6.61 Å². The van der Waals surface area contributed by atoms with Crippen molar-refractivity contribution in [2.45, 2.75) is 31.7 Å². The summed E-state index contributed by atoms with van der Waals surface area (Å²) in [4.78, 5) is 2.65. The van der Waals surface area contributed by atoms with E-state index in [9.17, 15) is 0 Å². The molecule has 1 aromatic rings. The van der Waals surface area contributed by atoms with Crippen LogP contribution in [0.15, 0.2) is 24.3 Å². The number of hydrogen-bond acceptors (Lipinski definition) is 3. The van der Waals surface area contributed by atoms with Crippen LogP contribution in [0.5, 0.6) is 5.75 Å². The number of hydrogen-bond donors (Lipinski definition) is 1. The minimum absolute atomic E-state index is 0.630. The third kappa shape index (κ3) is 2.93. The Kier molecular flexibility index (Phi) is 4.04. The molecule has 0 aliphatic carbocycles. The van der Waals surface area contributed by atoms with Gasteiger partial charge >= 0.3 is 0 Å². The van der Waals surface area contributed by atoms with Crippen molar-refractivity contribution in [3.63, 3.8) is 0 Å². The maximum atomic E-state index is 5.76. The fourth-order valence-corrected chi connectivity index (χ4v) is 3.22. The average Bonchev–Trinajstić information content (AvgIpc) is 2.65. The predicted octanol–water partition coefficient (Wildman–Crippen LogP) is 2.24. The highest BCUT2D eigenvalue weighted by molar-refractivity contribution is 5.37. The summed E-state index contributed by atoms with van der Waals surface area (Å²) in [5.74, 6) is 1.73. The van der Waals surface area contributed by atoms with Crippen LogP contribution < -0.4 is 10.1 Å². The van der Waals surface area contributed by atoms with Gasteiger partial charge in [-0.15, -0.1) is 0 Å². The van der Waals surface area contributed by atoms with Crippen LogP contribution in [0.25, 0.3) is 0 Å². The second kappa shape index (κ2) is 5.93. The van der Waals surface area contributed by atoms with Crippen LogP contribution >= 0.6 is 0 Å². The molecule has 0 radical (unpaired) electrons. The summed E-state index contributed by atoms with van der Waals surface area (Å²) in [5, 5.41) is 3.50. The second-order valence-corrected chi connectivity index (χ2v) is 5.75. The Hall–Kier alpha value is -1.06. The first-order valence-corrected chi connectivity index (χ1v) is 7.51. The van der Waals surface area contributed by atoms with Crippen molar-refractivity contribution < 1.29 is 4.74 Å². The largest absolute Gasteiger partial charge is 0.493 e. The molecule has 2 atom stereocenters. The zero-order chi connectivity index (χ0) is 13.1. The van der Waals surface area contributed by atoms with E-state index in [0.29, 0.717) is 12.0 Å². The second-order valence-electron chi connectivity index (χ2n) is 5.75. The standard InChI is InChI=1S/C16H24N2O/c1-13-6-8-17-9-10-18(13)12-14-7-11-19-16-5-3-2-4-15(14)16/h2-5,13-14,17H,6-12H2,1H3. The highest BCUT2D eigenvalue weighted by Crippen LogP contribution is 2.34. The maximum Gasteiger partial charge on any atom is 0.122 e. The molecule has 2 heterocycles. The van der Waals surface area contributed by atoms with Gasteiger partial charge in [-0.1, -0.05) is 18.2 Å². The van der Waals surface area contributed by atoms with Crippen molar-refractivity contribution in [1.82, 2.24) is 10.2 Å². The number of fused-ring (bicyclic) bond motifs is 1. The fourth-order valence-electron chi connectivity index (χ4n) is 3.22. The molecule has 0 bridgehead atoms. The molecule has 19 heavy (non-hydrogen) atoms. The van der Waals surface area contributed by atoms with Gasteiger partial charge in [0.1, 0.15) is 5.75 Å². The number of para-hydroxylation sites is 1. The molecular weight excluding hydrogens is 236 g/mol. The maximum absolute atomic E-state index is 5.76. The zero-order valence-corrected chi connectivity index (χ0v) is 11.8. The van der Waals surface area contributed by atoms with Gasteiger partial charge in [0.15, 0.2) is 0 Å². The average molecular weight is 260 g/mol. The van der Waals surface area contributed by atoms with Crippen molar-refractivity contribution in [2.75, 3.05) is 32.8 Å². The van der Waals surface area contributed by atoms with E-state index < -0.39 is 0 Å². The lowest BCUT2D eigenvalue weighted by Gasteiger charge is -2.33. The number of rotatable bonds is 2. The summed E-state index contributed by atoms with van der Waals surface area (Å²) in [6.07, 6.45) is 2.40. The molecule has 3 heteroatoms. The molecule has 2 aliphatic rings. The minimum atomic E-state index is 0.630. The lowest BCUT2D eigenvalue weighted by Crippen LogP contribution is -2.38. The number of benzene rings is 1. The van der Waals surface area contributed by atoms with Gasteiger partial charge in [-0.25, -0.2) is 0 Å². The molecule has 1 N–H and O–H groups in total. The van der Waals surface area contributed by atoms with Crippen LogP contribution in [-0.4, -0.2) is 43.7 Å². The summed E-state index contributed by atoms with van der Waals surface area (Å²) < 4.78 is 5.76. The SMILES string of the molecule is CC1CCNCCN1CC1CCOc2ccccc21. The van der Waals surface area contributed by atoms with Crippen LogP contribution in [0, 0.1) is 0 Å². The Balaban J connectivity index is 1.73. The first-order chi connectivity index (χ1) is 9.34. The van der Waals surface area contributed by atoms with E-state index in [-0.39, 0.29) is 0 Å². The summed E-state index contributed by atoms with van der Waals surface area (Å²) >= 11 is 0. The fraction of sp³-hybridized carbons (Fsp3) is 0.625. The summed E-state index contributed by atoms with van der Waals surface area (Å²) in [6, 6.07) is 9.23. The Morgan fingerprint density at radius 1 is 1.26 bits per heavy atom. The summed E-state index contributed by atoms with van der Waals surface area (Å²) in [7, 11) is 0. The molecule has 1 saturated heterocycles. The first-order valence-electron chi connectivity index (χ1n) is 7.51. The van der Waals surface area contributed by atoms with Crippen LogP contribution in [0.4, 0.5) is 0 Å². The smallest absolute Gasteiger partial charge is 0.122 e. The van der Waals surface area contributed by atoms with Gasteiger partial charge in [0, 0.05) is 31.6 Å². The first kappa shape index (κ1) is 12.9. The van der Waals surface area contributed by atoms with Gasteiger partial charge in [-0.3, -0.25) is 4.90 Å². The Bertz CT molecular complexity index is 421. The Morgan fingerprint density at radius 2 is 2.16 bits per heavy atom. The van der Waals surface area contributed by atoms with E-state index in [1.807, 2.05) is 0 Å². The Morgan fingerprint density at radius 3 is 3.11 bits per heavy atom. The molecule has 104 valence electrons. The molecule has 1 fully saturated rings. The minimum Gasteiger partial charge on any atom is -0.493 e. The quantitative estimate of drug-likeness (QED) is 0.882. The van der Waals surface area contributed by atoms with Gasteiger partial charge < -0.3 is 10.1 Å². The molecule has 2 unspecified atom stereocenters. The van der Waals surface area contributed by atoms with E-state index in [2.05, 4.69) is 41.4 Å². The monoisotopic (exact) mass is 260 g/mol. The summed E-state index contributed by atoms with van der Waals surface area (Å²) in [5.41, 5.74) is 1.40. The van der Waals surface area contributed by atoms with Crippen molar-refractivity contribution >= 4 is 0 Å². The van der Waals surface area contributed by atoms with Gasteiger partial charge in [-0.2, -0.15) is 0 Å². The van der Waals surface area contributed by atoms with E-state index in [1.165, 1.54) is 25.1 Å². The molecule has 0 amide bonds. The van der Waals surface area contributed by atoms with Crippen LogP contribution in [0.1, 0.15) is 31.2 Å². The van der Waals surface area contributed by atoms with E-state index in [1.54, 1.807) is 0 Å². The van der Waals surface area contributed by atoms with E-state index in [0.717, 1.165) is 31.9 Å². The predicted molar refractivity (Wildman–Crippen MR) is 77.8 cm³/mol. The van der Waals surface area contributed by atoms with E-state index >= 15 is 0 Å².